The van der Waals surface area contributed by atoms with Crippen molar-refractivity contribution < 1.29 is 5.11 Å². The van der Waals surface area contributed by atoms with Gasteiger partial charge < -0.3 is 10.4 Å². The zero-order chi connectivity index (χ0) is 16.4. The minimum atomic E-state index is 0. The highest BCUT2D eigenvalue weighted by molar-refractivity contribution is 5.92. The average Bonchev–Trinajstić information content (AvgIpc) is 3.11. The molecule has 0 spiro atoms. The zero-order valence-corrected chi connectivity index (χ0v) is 14.8. The van der Waals surface area contributed by atoms with Crippen LogP contribution in [0.3, 0.4) is 0 Å². The number of halogens is 1. The first-order valence-corrected chi connectivity index (χ1v) is 8.45. The van der Waals surface area contributed by atoms with E-state index in [0.717, 1.165) is 47.5 Å². The fourth-order valence-corrected chi connectivity index (χ4v) is 3.33. The molecule has 4 rings (SSSR count). The summed E-state index contributed by atoms with van der Waals surface area (Å²) in [5, 5.41) is 14.7. The Bertz CT molecular complexity index is 857. The molecule has 0 atom stereocenters. The fraction of sp³-hybridized carbons (Fsp3) is 0.250. The number of anilines is 2. The first kappa shape index (κ1) is 17.5. The van der Waals surface area contributed by atoms with Crippen LogP contribution in [0.25, 0.3) is 10.9 Å². The van der Waals surface area contributed by atoms with Crippen LogP contribution in [0, 0.1) is 0 Å². The van der Waals surface area contributed by atoms with E-state index in [-0.39, 0.29) is 12.4 Å². The van der Waals surface area contributed by atoms with E-state index in [1.54, 1.807) is 6.07 Å². The van der Waals surface area contributed by atoms with E-state index in [0.29, 0.717) is 5.75 Å². The summed E-state index contributed by atoms with van der Waals surface area (Å²) in [4.78, 5) is 6.79. The second-order valence-electron chi connectivity index (χ2n) is 6.33. The molecule has 1 saturated heterocycles. The van der Waals surface area contributed by atoms with Crippen LogP contribution in [0.15, 0.2) is 54.7 Å². The van der Waals surface area contributed by atoms with Gasteiger partial charge in [-0.05, 0) is 56.3 Å². The summed E-state index contributed by atoms with van der Waals surface area (Å²) in [7, 11) is 0. The normalized spacial score (nSPS) is 14.4. The Morgan fingerprint density at radius 3 is 2.68 bits per heavy atom. The summed E-state index contributed by atoms with van der Waals surface area (Å²) in [5.41, 5.74) is 3.95. The minimum Gasteiger partial charge on any atom is -0.508 e. The molecule has 0 aliphatic carbocycles. The Balaban J connectivity index is 0.00000182. The van der Waals surface area contributed by atoms with E-state index in [2.05, 4.69) is 21.3 Å². The number of phenolic OH excluding ortho intramolecular Hbond substituents is 1. The Hall–Kier alpha value is -2.30. The summed E-state index contributed by atoms with van der Waals surface area (Å²) >= 11 is 0. The monoisotopic (exact) mass is 355 g/mol. The number of pyridine rings is 1. The maximum atomic E-state index is 10.2. The Kier molecular flexibility index (Phi) is 5.41. The third kappa shape index (κ3) is 3.86. The zero-order valence-electron chi connectivity index (χ0n) is 14.0. The lowest BCUT2D eigenvalue weighted by atomic mass is 10.1. The number of likely N-dealkylation sites (tertiary alicyclic amines) is 1. The van der Waals surface area contributed by atoms with Crippen molar-refractivity contribution in [3.05, 3.63) is 60.3 Å². The molecule has 2 N–H and O–H groups in total. The highest BCUT2D eigenvalue weighted by Gasteiger charge is 2.14. The van der Waals surface area contributed by atoms with E-state index in [4.69, 9.17) is 0 Å². The third-order valence-corrected chi connectivity index (χ3v) is 4.60. The molecule has 1 fully saturated rings. The van der Waals surface area contributed by atoms with Crippen LogP contribution in [-0.2, 0) is 6.54 Å². The highest BCUT2D eigenvalue weighted by Crippen LogP contribution is 2.29. The van der Waals surface area contributed by atoms with Crippen LogP contribution in [-0.4, -0.2) is 28.1 Å². The Morgan fingerprint density at radius 2 is 1.84 bits per heavy atom. The predicted octanol–water partition coefficient (Wildman–Crippen LogP) is 4.70. The lowest BCUT2D eigenvalue weighted by Gasteiger charge is -2.17. The second-order valence-corrected chi connectivity index (χ2v) is 6.33. The number of nitrogens with one attached hydrogen (secondary N) is 1. The number of nitrogens with zero attached hydrogens (tertiary/aromatic N) is 2. The molecule has 25 heavy (non-hydrogen) atoms. The molecule has 3 aromatic rings. The number of fused-ring (bicyclic) bond motifs is 1. The van der Waals surface area contributed by atoms with E-state index in [1.807, 2.05) is 42.6 Å². The quantitative estimate of drug-likeness (QED) is 0.666. The molecule has 4 nitrogen and oxygen atoms in total. The van der Waals surface area contributed by atoms with E-state index < -0.39 is 0 Å². The van der Waals surface area contributed by atoms with E-state index >= 15 is 0 Å². The van der Waals surface area contributed by atoms with Gasteiger partial charge in [0, 0.05) is 35.1 Å². The van der Waals surface area contributed by atoms with Gasteiger partial charge in [-0.1, -0.05) is 18.2 Å². The van der Waals surface area contributed by atoms with Gasteiger partial charge >= 0.3 is 0 Å². The molecular formula is C20H22ClN3O. The van der Waals surface area contributed by atoms with Gasteiger partial charge in [-0.2, -0.15) is 0 Å². The molecule has 1 aromatic heterocycles. The molecule has 2 heterocycles. The molecule has 0 radical (unpaired) electrons. The van der Waals surface area contributed by atoms with E-state index in [1.165, 1.54) is 12.8 Å². The predicted molar refractivity (Wildman–Crippen MR) is 105 cm³/mol. The van der Waals surface area contributed by atoms with Gasteiger partial charge in [0.2, 0.25) is 0 Å². The van der Waals surface area contributed by atoms with Crippen molar-refractivity contribution >= 4 is 34.7 Å². The lowest BCUT2D eigenvalue weighted by molar-refractivity contribution is 0.324. The number of hydrogen-bond donors (Lipinski definition) is 2. The molecule has 1 aliphatic heterocycles. The van der Waals surface area contributed by atoms with E-state index in [9.17, 15) is 5.11 Å². The van der Waals surface area contributed by atoms with Crippen LogP contribution < -0.4 is 5.32 Å². The van der Waals surface area contributed by atoms with Crippen LogP contribution in [0.1, 0.15) is 18.4 Å². The smallest absolute Gasteiger partial charge is 0.120 e. The molecule has 130 valence electrons. The maximum absolute atomic E-state index is 10.2. The molecule has 0 unspecified atom stereocenters. The van der Waals surface area contributed by atoms with Gasteiger partial charge in [0.15, 0.2) is 0 Å². The van der Waals surface area contributed by atoms with Crippen molar-refractivity contribution in [3.63, 3.8) is 0 Å². The van der Waals surface area contributed by atoms with Crippen molar-refractivity contribution in [2.75, 3.05) is 18.4 Å². The Labute approximate surface area is 153 Å². The minimum absolute atomic E-state index is 0. The van der Waals surface area contributed by atoms with Crippen molar-refractivity contribution in [2.24, 2.45) is 0 Å². The largest absolute Gasteiger partial charge is 0.508 e. The van der Waals surface area contributed by atoms with Crippen molar-refractivity contribution in [2.45, 2.75) is 19.4 Å². The first-order chi connectivity index (χ1) is 11.8. The number of aromatic hydroxyl groups is 1. The van der Waals surface area contributed by atoms with Gasteiger partial charge in [-0.15, -0.1) is 12.4 Å². The number of hydrogen-bond acceptors (Lipinski definition) is 4. The van der Waals surface area contributed by atoms with Gasteiger partial charge in [0.25, 0.3) is 0 Å². The van der Waals surface area contributed by atoms with Gasteiger partial charge in [-0.25, -0.2) is 0 Å². The summed E-state index contributed by atoms with van der Waals surface area (Å²) in [6.07, 6.45) is 4.32. The van der Waals surface area contributed by atoms with Crippen molar-refractivity contribution in [3.8, 4) is 5.75 Å². The van der Waals surface area contributed by atoms with Crippen LogP contribution in [0.2, 0.25) is 0 Å². The summed E-state index contributed by atoms with van der Waals surface area (Å²) < 4.78 is 0. The highest BCUT2D eigenvalue weighted by atomic mass is 35.5. The molecule has 0 amide bonds. The van der Waals surface area contributed by atoms with Gasteiger partial charge in [0.05, 0.1) is 5.52 Å². The molecule has 1 aliphatic rings. The summed E-state index contributed by atoms with van der Waals surface area (Å²) in [6, 6.07) is 15.8. The average molecular weight is 356 g/mol. The molecular weight excluding hydrogens is 334 g/mol. The first-order valence-electron chi connectivity index (χ1n) is 8.45. The maximum Gasteiger partial charge on any atom is 0.120 e. The van der Waals surface area contributed by atoms with Crippen LogP contribution in [0.4, 0.5) is 11.4 Å². The number of phenols is 1. The molecule has 0 bridgehead atoms. The lowest BCUT2D eigenvalue weighted by Crippen LogP contribution is -2.18. The SMILES string of the molecule is Cl.Oc1ccc(Nc2ccnc3ccccc23)cc1CN1CCCC1. The van der Waals surface area contributed by atoms with Crippen LogP contribution in [0.5, 0.6) is 5.75 Å². The van der Waals surface area contributed by atoms with Gasteiger partial charge in [-0.3, -0.25) is 9.88 Å². The number of aromatic nitrogens is 1. The number of para-hydroxylation sites is 1. The standard InChI is InChI=1S/C20H21N3O.ClH/c24-20-8-7-16(13-15(20)14-23-11-3-4-12-23)22-19-9-10-21-18-6-2-1-5-17(18)19;/h1-2,5-10,13,24H,3-4,11-12,14H2,(H,21,22);1H. The van der Waals surface area contributed by atoms with Crippen molar-refractivity contribution in [1.29, 1.82) is 0 Å². The fourth-order valence-electron chi connectivity index (χ4n) is 3.33. The molecule has 2 aromatic carbocycles. The van der Waals surface area contributed by atoms with Crippen molar-refractivity contribution in [1.82, 2.24) is 9.88 Å². The third-order valence-electron chi connectivity index (χ3n) is 4.60. The summed E-state index contributed by atoms with van der Waals surface area (Å²) in [6.45, 7) is 3.04. The molecule has 0 saturated carbocycles. The van der Waals surface area contributed by atoms with Gasteiger partial charge in [0.1, 0.15) is 5.75 Å². The van der Waals surface area contributed by atoms with Crippen LogP contribution >= 0.6 is 12.4 Å². The number of benzene rings is 2. The summed E-state index contributed by atoms with van der Waals surface area (Å²) in [5.74, 6) is 0.368. The number of rotatable bonds is 4. The topological polar surface area (TPSA) is 48.4 Å². The molecule has 5 heteroatoms. The second kappa shape index (κ2) is 7.72. The Morgan fingerprint density at radius 1 is 1.04 bits per heavy atom.